The van der Waals surface area contributed by atoms with E-state index in [2.05, 4.69) is 15.6 Å². The minimum absolute atomic E-state index is 0.186. The fourth-order valence-electron chi connectivity index (χ4n) is 3.65. The molecule has 3 aromatic carbocycles. The lowest BCUT2D eigenvalue weighted by molar-refractivity contribution is 0.103. The molecule has 0 aliphatic heterocycles. The summed E-state index contributed by atoms with van der Waals surface area (Å²) < 4.78 is 7.34. The Balaban J connectivity index is 1.50. The van der Waals surface area contributed by atoms with Crippen LogP contribution in [-0.4, -0.2) is 26.9 Å². The first-order chi connectivity index (χ1) is 16.6. The maximum Gasteiger partial charge on any atom is 0.242 e. The van der Waals surface area contributed by atoms with Gasteiger partial charge in [-0.2, -0.15) is 0 Å². The quantitative estimate of drug-likeness (QED) is 0.265. The molecule has 2 aromatic heterocycles. The number of para-hydroxylation sites is 3. The van der Waals surface area contributed by atoms with Crippen LogP contribution in [0.5, 0.6) is 5.75 Å². The van der Waals surface area contributed by atoms with E-state index in [4.69, 9.17) is 9.72 Å². The largest absolute Gasteiger partial charge is 0.494 e. The van der Waals surface area contributed by atoms with Crippen LogP contribution in [0.1, 0.15) is 22.4 Å². The lowest BCUT2D eigenvalue weighted by Crippen LogP contribution is -2.09. The van der Waals surface area contributed by atoms with Gasteiger partial charge in [0, 0.05) is 18.4 Å². The number of ketones is 1. The molecule has 0 radical (unpaired) electrons. The number of anilines is 4. The van der Waals surface area contributed by atoms with Gasteiger partial charge in [0.1, 0.15) is 10.6 Å². The summed E-state index contributed by atoms with van der Waals surface area (Å²) in [5.41, 5.74) is 3.38. The Morgan fingerprint density at radius 1 is 0.912 bits per heavy atom. The van der Waals surface area contributed by atoms with Crippen molar-refractivity contribution in [1.82, 2.24) is 14.5 Å². The number of ether oxygens (including phenoxy) is 1. The molecular weight excluding hydrogens is 446 g/mol. The minimum atomic E-state index is -0.186. The van der Waals surface area contributed by atoms with Crippen LogP contribution >= 0.6 is 11.3 Å². The predicted molar refractivity (Wildman–Crippen MR) is 137 cm³/mol. The summed E-state index contributed by atoms with van der Waals surface area (Å²) >= 11 is 1.29. The van der Waals surface area contributed by atoms with Gasteiger partial charge in [0.15, 0.2) is 16.8 Å². The van der Waals surface area contributed by atoms with Crippen molar-refractivity contribution in [2.45, 2.75) is 6.92 Å². The van der Waals surface area contributed by atoms with Crippen LogP contribution in [0.15, 0.2) is 78.9 Å². The number of aromatic nitrogens is 3. The zero-order valence-corrected chi connectivity index (χ0v) is 19.6. The summed E-state index contributed by atoms with van der Waals surface area (Å²) in [6, 6.07) is 25.0. The predicted octanol–water partition coefficient (Wildman–Crippen LogP) is 6.15. The standard InChI is InChI=1S/C26H23N5O2S/c1-3-33-19-15-13-18(14-16-19)28-26-30-24(27-17-9-5-4-6-10-17)23(34-26)22(32)25-29-20-11-7-8-12-21(20)31(25)2/h4-16,27H,3H2,1-2H3,(H,28,30). The number of benzene rings is 3. The van der Waals surface area contributed by atoms with Gasteiger partial charge in [-0.25, -0.2) is 9.97 Å². The Morgan fingerprint density at radius 2 is 1.62 bits per heavy atom. The smallest absolute Gasteiger partial charge is 0.242 e. The van der Waals surface area contributed by atoms with E-state index in [1.807, 2.05) is 97.4 Å². The van der Waals surface area contributed by atoms with Gasteiger partial charge in [0.05, 0.1) is 17.6 Å². The van der Waals surface area contributed by atoms with Gasteiger partial charge < -0.3 is 19.9 Å². The number of aryl methyl sites for hydroxylation is 1. The Morgan fingerprint density at radius 3 is 2.35 bits per heavy atom. The minimum Gasteiger partial charge on any atom is -0.494 e. The number of hydrogen-bond acceptors (Lipinski definition) is 7. The van der Waals surface area contributed by atoms with Crippen LogP contribution in [-0.2, 0) is 7.05 Å². The summed E-state index contributed by atoms with van der Waals surface area (Å²) in [5.74, 6) is 1.47. The van der Waals surface area contributed by atoms with E-state index < -0.39 is 0 Å². The van der Waals surface area contributed by atoms with Crippen molar-refractivity contribution in [3.8, 4) is 5.75 Å². The molecule has 0 aliphatic carbocycles. The molecule has 0 spiro atoms. The normalized spacial score (nSPS) is 10.9. The van der Waals surface area contributed by atoms with Crippen LogP contribution in [0.3, 0.4) is 0 Å². The number of fused-ring (bicyclic) bond motifs is 1. The maximum atomic E-state index is 13.6. The zero-order chi connectivity index (χ0) is 23.5. The first-order valence-corrected chi connectivity index (χ1v) is 11.7. The van der Waals surface area contributed by atoms with E-state index in [9.17, 15) is 4.79 Å². The number of thiazole rings is 1. The summed E-state index contributed by atoms with van der Waals surface area (Å²) in [4.78, 5) is 23.4. The number of nitrogens with one attached hydrogen (secondary N) is 2. The lowest BCUT2D eigenvalue weighted by Gasteiger charge is -2.06. The van der Waals surface area contributed by atoms with Gasteiger partial charge in [-0.1, -0.05) is 41.7 Å². The third-order valence-corrected chi connectivity index (χ3v) is 6.25. The fraction of sp³-hybridized carbons (Fsp3) is 0.115. The van der Waals surface area contributed by atoms with Crippen molar-refractivity contribution in [2.24, 2.45) is 7.05 Å². The fourth-order valence-corrected chi connectivity index (χ4v) is 4.52. The highest BCUT2D eigenvalue weighted by molar-refractivity contribution is 7.18. The second-order valence-electron chi connectivity index (χ2n) is 7.58. The molecule has 0 amide bonds. The molecule has 34 heavy (non-hydrogen) atoms. The third kappa shape index (κ3) is 4.35. The van der Waals surface area contributed by atoms with Gasteiger partial charge in [-0.15, -0.1) is 0 Å². The maximum absolute atomic E-state index is 13.6. The van der Waals surface area contributed by atoms with Crippen molar-refractivity contribution in [1.29, 1.82) is 0 Å². The second kappa shape index (κ2) is 9.36. The summed E-state index contributed by atoms with van der Waals surface area (Å²) in [6.07, 6.45) is 0. The van der Waals surface area contributed by atoms with E-state index in [-0.39, 0.29) is 5.78 Å². The van der Waals surface area contributed by atoms with Crippen LogP contribution in [0.4, 0.5) is 22.3 Å². The monoisotopic (exact) mass is 469 g/mol. The zero-order valence-electron chi connectivity index (χ0n) is 18.8. The molecule has 0 fully saturated rings. The number of nitrogens with zero attached hydrogens (tertiary/aromatic N) is 3. The molecule has 5 rings (SSSR count). The average molecular weight is 470 g/mol. The Hall–Kier alpha value is -4.17. The van der Waals surface area contributed by atoms with Gasteiger partial charge in [0.25, 0.3) is 0 Å². The molecule has 0 saturated heterocycles. The van der Waals surface area contributed by atoms with Crippen molar-refractivity contribution < 1.29 is 9.53 Å². The van der Waals surface area contributed by atoms with Crippen LogP contribution in [0.2, 0.25) is 0 Å². The average Bonchev–Trinajstić information content (AvgIpc) is 3.41. The lowest BCUT2D eigenvalue weighted by atomic mass is 10.3. The molecule has 5 aromatic rings. The molecular formula is C26H23N5O2S. The Kier molecular flexibility index (Phi) is 5.97. The van der Waals surface area contributed by atoms with E-state index >= 15 is 0 Å². The van der Waals surface area contributed by atoms with Crippen molar-refractivity contribution in [2.75, 3.05) is 17.2 Å². The molecule has 0 atom stereocenters. The van der Waals surface area contributed by atoms with Crippen LogP contribution < -0.4 is 15.4 Å². The summed E-state index contributed by atoms with van der Waals surface area (Å²) in [6.45, 7) is 2.56. The topological polar surface area (TPSA) is 81.1 Å². The van der Waals surface area contributed by atoms with Gasteiger partial charge in [0.2, 0.25) is 5.78 Å². The highest BCUT2D eigenvalue weighted by Crippen LogP contribution is 2.34. The van der Waals surface area contributed by atoms with E-state index in [0.29, 0.717) is 28.3 Å². The summed E-state index contributed by atoms with van der Waals surface area (Å²) in [7, 11) is 1.85. The Labute approximate surface area is 201 Å². The highest BCUT2D eigenvalue weighted by atomic mass is 32.1. The molecule has 8 heteroatoms. The SMILES string of the molecule is CCOc1ccc(Nc2nc(Nc3ccccc3)c(C(=O)c3nc4ccccc4n3C)s2)cc1. The van der Waals surface area contributed by atoms with E-state index in [1.54, 1.807) is 0 Å². The highest BCUT2D eigenvalue weighted by Gasteiger charge is 2.24. The molecule has 2 N–H and O–H groups in total. The molecule has 0 unspecified atom stereocenters. The first kappa shape index (κ1) is 21.7. The second-order valence-corrected chi connectivity index (χ2v) is 8.58. The number of carbonyl (C=O) groups is 1. The molecule has 0 aliphatic rings. The van der Waals surface area contributed by atoms with Crippen LogP contribution in [0, 0.1) is 0 Å². The number of hydrogen-bond donors (Lipinski definition) is 2. The first-order valence-electron chi connectivity index (χ1n) is 10.9. The molecule has 7 nitrogen and oxygen atoms in total. The molecule has 0 saturated carbocycles. The molecule has 0 bridgehead atoms. The molecule has 170 valence electrons. The van der Waals surface area contributed by atoms with E-state index in [0.717, 1.165) is 28.2 Å². The number of imidazole rings is 1. The van der Waals surface area contributed by atoms with Crippen LogP contribution in [0.25, 0.3) is 11.0 Å². The summed E-state index contributed by atoms with van der Waals surface area (Å²) in [5, 5.41) is 7.19. The van der Waals surface area contributed by atoms with E-state index in [1.165, 1.54) is 11.3 Å². The van der Waals surface area contributed by atoms with Crippen molar-refractivity contribution >= 4 is 50.5 Å². The van der Waals surface area contributed by atoms with Gasteiger partial charge in [-0.05, 0) is 55.5 Å². The third-order valence-electron chi connectivity index (χ3n) is 5.28. The van der Waals surface area contributed by atoms with Gasteiger partial charge >= 0.3 is 0 Å². The van der Waals surface area contributed by atoms with Gasteiger partial charge in [-0.3, -0.25) is 4.79 Å². The molecule has 2 heterocycles. The Bertz CT molecular complexity index is 1440. The van der Waals surface area contributed by atoms with Crippen molar-refractivity contribution in [3.05, 3.63) is 89.6 Å². The number of rotatable bonds is 8. The number of carbonyl (C=O) groups excluding carboxylic acids is 1. The van der Waals surface area contributed by atoms with Crippen molar-refractivity contribution in [3.63, 3.8) is 0 Å².